The lowest BCUT2D eigenvalue weighted by Crippen LogP contribution is -2.55. The van der Waals surface area contributed by atoms with Gasteiger partial charge in [0.15, 0.2) is 12.4 Å². The molecule has 1 aliphatic carbocycles. The van der Waals surface area contributed by atoms with Crippen molar-refractivity contribution in [1.29, 1.82) is 0 Å². The highest BCUT2D eigenvalue weighted by Crippen LogP contribution is 2.32. The summed E-state index contributed by atoms with van der Waals surface area (Å²) in [5, 5.41) is 12.4. The summed E-state index contributed by atoms with van der Waals surface area (Å²) in [7, 11) is 0. The summed E-state index contributed by atoms with van der Waals surface area (Å²) in [4.78, 5) is 24.6. The number of aliphatic carboxylic acids is 1. The molecule has 24 heavy (non-hydrogen) atoms. The molecule has 2 N–H and O–H groups in total. The molecule has 0 atom stereocenters. The maximum absolute atomic E-state index is 11.9. The molecule has 0 aliphatic heterocycles. The molecule has 6 nitrogen and oxygen atoms in total. The lowest BCUT2D eigenvalue weighted by Gasteiger charge is -2.42. The number of nitrogens with one attached hydrogen (secondary N) is 1. The van der Waals surface area contributed by atoms with Crippen molar-refractivity contribution in [1.82, 2.24) is 10.2 Å². The number of ether oxygens (including phenoxy) is 1. The van der Waals surface area contributed by atoms with E-state index >= 15 is 0 Å². The van der Waals surface area contributed by atoms with E-state index in [-0.39, 0.29) is 31.1 Å². The molecule has 1 aromatic carbocycles. The number of carbonyl (C=O) groups excluding carboxylic acids is 1. The number of rotatable bonds is 8. The summed E-state index contributed by atoms with van der Waals surface area (Å²) in [5.74, 6) is -0.800. The van der Waals surface area contributed by atoms with Gasteiger partial charge in [0, 0.05) is 12.1 Å². The Hall–Kier alpha value is -1.50. The maximum atomic E-state index is 11.9. The number of amides is 1. The molecule has 8 heteroatoms. The predicted molar refractivity (Wildman–Crippen MR) is 91.8 cm³/mol. The van der Waals surface area contributed by atoms with Crippen LogP contribution in [0.25, 0.3) is 0 Å². The van der Waals surface area contributed by atoms with Crippen LogP contribution in [0, 0.1) is 0 Å². The Labute approximate surface area is 150 Å². The fourth-order valence-electron chi connectivity index (χ4n) is 2.70. The Morgan fingerprint density at radius 1 is 1.33 bits per heavy atom. The van der Waals surface area contributed by atoms with E-state index in [1.807, 2.05) is 11.8 Å². The summed E-state index contributed by atoms with van der Waals surface area (Å²) in [5.41, 5.74) is 0. The van der Waals surface area contributed by atoms with Gasteiger partial charge in [0.05, 0.1) is 16.6 Å². The molecule has 0 bridgehead atoms. The first-order valence-electron chi connectivity index (χ1n) is 7.72. The SMILES string of the molecule is CCN(CC(=O)O)C1CC(NC(=O)COc2c(Cl)cccc2Cl)C1. The molecule has 0 saturated heterocycles. The molecule has 1 aliphatic rings. The van der Waals surface area contributed by atoms with E-state index in [0.29, 0.717) is 22.3 Å². The smallest absolute Gasteiger partial charge is 0.317 e. The zero-order chi connectivity index (χ0) is 17.7. The zero-order valence-corrected chi connectivity index (χ0v) is 14.8. The molecule has 2 rings (SSSR count). The van der Waals surface area contributed by atoms with Crippen LogP contribution in [0.3, 0.4) is 0 Å². The highest BCUT2D eigenvalue weighted by Gasteiger charge is 2.34. The summed E-state index contributed by atoms with van der Waals surface area (Å²) in [6.07, 6.45) is 1.47. The van der Waals surface area contributed by atoms with Gasteiger partial charge in [0.1, 0.15) is 0 Å². The number of likely N-dealkylation sites (N-methyl/N-ethyl adjacent to an activating group) is 1. The Morgan fingerprint density at radius 2 is 1.96 bits per heavy atom. The Bertz CT molecular complexity index is 585. The molecule has 0 heterocycles. The summed E-state index contributed by atoms with van der Waals surface area (Å²) < 4.78 is 5.38. The Morgan fingerprint density at radius 3 is 2.50 bits per heavy atom. The number of para-hydroxylation sites is 1. The number of benzene rings is 1. The molecule has 0 aromatic heterocycles. The van der Waals surface area contributed by atoms with Gasteiger partial charge >= 0.3 is 5.97 Å². The monoisotopic (exact) mass is 374 g/mol. The molecule has 1 amide bonds. The first-order valence-corrected chi connectivity index (χ1v) is 8.48. The van der Waals surface area contributed by atoms with E-state index in [0.717, 1.165) is 12.8 Å². The van der Waals surface area contributed by atoms with Gasteiger partial charge in [-0.2, -0.15) is 0 Å². The van der Waals surface area contributed by atoms with Crippen molar-refractivity contribution < 1.29 is 19.4 Å². The number of halogens is 2. The quantitative estimate of drug-likeness (QED) is 0.730. The lowest BCUT2D eigenvalue weighted by atomic mass is 9.85. The third-order valence-electron chi connectivity index (χ3n) is 4.01. The standard InChI is InChI=1S/C16H20Cl2N2O4/c1-2-20(8-15(22)23)11-6-10(7-11)19-14(21)9-24-16-12(17)4-3-5-13(16)18/h3-5,10-11H,2,6-9H2,1H3,(H,19,21)(H,22,23). The van der Waals surface area contributed by atoms with Crippen molar-refractivity contribution in [2.75, 3.05) is 19.7 Å². The van der Waals surface area contributed by atoms with Crippen LogP contribution in [-0.4, -0.2) is 53.7 Å². The Kier molecular flexibility index (Phi) is 6.71. The second kappa shape index (κ2) is 8.55. The Balaban J connectivity index is 1.74. The van der Waals surface area contributed by atoms with Gasteiger partial charge in [-0.15, -0.1) is 0 Å². The predicted octanol–water partition coefficient (Wildman–Crippen LogP) is 2.43. The van der Waals surface area contributed by atoms with Crippen molar-refractivity contribution in [3.63, 3.8) is 0 Å². The van der Waals surface area contributed by atoms with Crippen LogP contribution < -0.4 is 10.1 Å². The van der Waals surface area contributed by atoms with Crippen LogP contribution >= 0.6 is 23.2 Å². The molecular weight excluding hydrogens is 355 g/mol. The van der Waals surface area contributed by atoms with Crippen molar-refractivity contribution in [2.24, 2.45) is 0 Å². The van der Waals surface area contributed by atoms with E-state index in [2.05, 4.69) is 5.32 Å². The van der Waals surface area contributed by atoms with E-state index in [4.69, 9.17) is 33.0 Å². The van der Waals surface area contributed by atoms with Gasteiger partial charge in [-0.05, 0) is 31.5 Å². The fraction of sp³-hybridized carbons (Fsp3) is 0.500. The first-order chi connectivity index (χ1) is 11.4. The topological polar surface area (TPSA) is 78.9 Å². The summed E-state index contributed by atoms with van der Waals surface area (Å²) in [6.45, 7) is 2.45. The summed E-state index contributed by atoms with van der Waals surface area (Å²) >= 11 is 11.9. The van der Waals surface area contributed by atoms with Gasteiger partial charge in [0.25, 0.3) is 5.91 Å². The third kappa shape index (κ3) is 5.00. The molecule has 0 unspecified atom stereocenters. The molecular formula is C16H20Cl2N2O4. The van der Waals surface area contributed by atoms with Gasteiger partial charge in [-0.25, -0.2) is 0 Å². The molecule has 0 radical (unpaired) electrons. The fourth-order valence-corrected chi connectivity index (χ4v) is 3.21. The summed E-state index contributed by atoms with van der Waals surface area (Å²) in [6, 6.07) is 5.20. The largest absolute Gasteiger partial charge is 0.481 e. The highest BCUT2D eigenvalue weighted by atomic mass is 35.5. The number of carboxylic acid groups (broad SMARTS) is 1. The van der Waals surface area contributed by atoms with Crippen molar-refractivity contribution >= 4 is 35.1 Å². The third-order valence-corrected chi connectivity index (χ3v) is 4.60. The van der Waals surface area contributed by atoms with Crippen molar-refractivity contribution in [3.05, 3.63) is 28.2 Å². The van der Waals surface area contributed by atoms with E-state index in [1.54, 1.807) is 18.2 Å². The molecule has 1 fully saturated rings. The molecule has 0 spiro atoms. The van der Waals surface area contributed by atoms with Crippen LogP contribution in [0.5, 0.6) is 5.75 Å². The lowest BCUT2D eigenvalue weighted by molar-refractivity contribution is -0.139. The van der Waals surface area contributed by atoms with E-state index < -0.39 is 5.97 Å². The van der Waals surface area contributed by atoms with Gasteiger partial charge in [0.2, 0.25) is 0 Å². The van der Waals surface area contributed by atoms with E-state index in [1.165, 1.54) is 0 Å². The number of hydrogen-bond acceptors (Lipinski definition) is 4. The molecule has 1 saturated carbocycles. The van der Waals surface area contributed by atoms with Crippen molar-refractivity contribution in [2.45, 2.75) is 31.8 Å². The average Bonchev–Trinajstić information content (AvgIpc) is 2.47. The number of carboxylic acids is 1. The first kappa shape index (κ1) is 18.8. The van der Waals surface area contributed by atoms with Crippen molar-refractivity contribution in [3.8, 4) is 5.75 Å². The average molecular weight is 375 g/mol. The number of carbonyl (C=O) groups is 2. The van der Waals surface area contributed by atoms with Crippen LogP contribution in [0.4, 0.5) is 0 Å². The second-order valence-electron chi connectivity index (χ2n) is 5.69. The molecule has 1 aromatic rings. The van der Waals surface area contributed by atoms with E-state index in [9.17, 15) is 9.59 Å². The van der Waals surface area contributed by atoms with Gasteiger partial charge in [-0.1, -0.05) is 36.2 Å². The minimum atomic E-state index is -0.839. The minimum Gasteiger partial charge on any atom is -0.481 e. The van der Waals surface area contributed by atoms with Crippen LogP contribution in [0.15, 0.2) is 18.2 Å². The normalized spacial score (nSPS) is 19.7. The second-order valence-corrected chi connectivity index (χ2v) is 6.50. The maximum Gasteiger partial charge on any atom is 0.317 e. The minimum absolute atomic E-state index is 0.0238. The number of nitrogens with zero attached hydrogens (tertiary/aromatic N) is 1. The van der Waals surface area contributed by atoms with Crippen LogP contribution in [0.1, 0.15) is 19.8 Å². The van der Waals surface area contributed by atoms with Gasteiger partial charge < -0.3 is 15.2 Å². The van der Waals surface area contributed by atoms with Gasteiger partial charge in [-0.3, -0.25) is 14.5 Å². The van der Waals surface area contributed by atoms with Crippen LogP contribution in [-0.2, 0) is 9.59 Å². The van der Waals surface area contributed by atoms with Crippen LogP contribution in [0.2, 0.25) is 10.0 Å². The zero-order valence-electron chi connectivity index (χ0n) is 13.3. The highest BCUT2D eigenvalue weighted by molar-refractivity contribution is 6.37. The number of hydrogen-bond donors (Lipinski definition) is 2. The molecule has 132 valence electrons.